The molecule has 0 bridgehead atoms. The van der Waals surface area contributed by atoms with Crippen LogP contribution >= 0.6 is 0 Å². The SMILES string of the molecule is CCCCCCOc1ccccc1C(C)=O. The molecule has 0 fully saturated rings. The van der Waals surface area contributed by atoms with Crippen molar-refractivity contribution in [2.75, 3.05) is 6.61 Å². The van der Waals surface area contributed by atoms with Gasteiger partial charge in [-0.3, -0.25) is 4.79 Å². The monoisotopic (exact) mass is 220 g/mol. The predicted molar refractivity (Wildman–Crippen MR) is 66.1 cm³/mol. The van der Waals surface area contributed by atoms with Gasteiger partial charge in [-0.25, -0.2) is 0 Å². The zero-order valence-electron chi connectivity index (χ0n) is 10.2. The maximum absolute atomic E-state index is 11.3. The molecule has 0 aliphatic heterocycles. The number of hydrogen-bond donors (Lipinski definition) is 0. The van der Waals surface area contributed by atoms with E-state index in [1.54, 1.807) is 6.92 Å². The van der Waals surface area contributed by atoms with E-state index < -0.39 is 0 Å². The van der Waals surface area contributed by atoms with Gasteiger partial charge in [-0.05, 0) is 25.5 Å². The maximum Gasteiger partial charge on any atom is 0.163 e. The van der Waals surface area contributed by atoms with Gasteiger partial charge in [-0.2, -0.15) is 0 Å². The number of carbonyl (C=O) groups excluding carboxylic acids is 1. The lowest BCUT2D eigenvalue weighted by Crippen LogP contribution is -2.02. The van der Waals surface area contributed by atoms with Crippen LogP contribution in [0, 0.1) is 0 Å². The number of benzene rings is 1. The standard InChI is InChI=1S/C14H20O2/c1-3-4-5-8-11-16-14-10-7-6-9-13(14)12(2)15/h6-7,9-10H,3-5,8,11H2,1-2H3. The van der Waals surface area contributed by atoms with Crippen LogP contribution in [0.25, 0.3) is 0 Å². The van der Waals surface area contributed by atoms with Gasteiger partial charge in [0.2, 0.25) is 0 Å². The first-order chi connectivity index (χ1) is 7.75. The van der Waals surface area contributed by atoms with Gasteiger partial charge in [-0.15, -0.1) is 0 Å². The minimum atomic E-state index is 0.0594. The molecular weight excluding hydrogens is 200 g/mol. The molecule has 0 saturated heterocycles. The van der Waals surface area contributed by atoms with Crippen LogP contribution in [0.1, 0.15) is 49.9 Å². The molecule has 0 heterocycles. The van der Waals surface area contributed by atoms with Gasteiger partial charge in [0.1, 0.15) is 5.75 Å². The first-order valence-corrected chi connectivity index (χ1v) is 5.98. The molecule has 0 radical (unpaired) electrons. The molecule has 2 nitrogen and oxygen atoms in total. The summed E-state index contributed by atoms with van der Waals surface area (Å²) in [6.45, 7) is 4.45. The van der Waals surface area contributed by atoms with Crippen LogP contribution in [0.5, 0.6) is 5.75 Å². The van der Waals surface area contributed by atoms with E-state index in [4.69, 9.17) is 4.74 Å². The molecule has 0 amide bonds. The molecule has 0 aliphatic rings. The molecule has 88 valence electrons. The molecule has 0 unspecified atom stereocenters. The van der Waals surface area contributed by atoms with Crippen molar-refractivity contribution in [3.63, 3.8) is 0 Å². The number of carbonyl (C=O) groups is 1. The number of unbranched alkanes of at least 4 members (excludes halogenated alkanes) is 3. The summed E-state index contributed by atoms with van der Waals surface area (Å²) < 4.78 is 5.62. The highest BCUT2D eigenvalue weighted by atomic mass is 16.5. The van der Waals surface area contributed by atoms with Crippen LogP contribution in [0.2, 0.25) is 0 Å². The summed E-state index contributed by atoms with van der Waals surface area (Å²) >= 11 is 0. The van der Waals surface area contributed by atoms with Crippen molar-refractivity contribution in [2.24, 2.45) is 0 Å². The molecule has 0 aromatic heterocycles. The fourth-order valence-electron chi connectivity index (χ4n) is 1.59. The quantitative estimate of drug-likeness (QED) is 0.515. The minimum Gasteiger partial charge on any atom is -0.493 e. The van der Waals surface area contributed by atoms with Crippen LogP contribution in [-0.4, -0.2) is 12.4 Å². The summed E-state index contributed by atoms with van der Waals surface area (Å²) in [5.74, 6) is 0.774. The number of para-hydroxylation sites is 1. The largest absolute Gasteiger partial charge is 0.493 e. The third-order valence-corrected chi connectivity index (χ3v) is 2.52. The lowest BCUT2D eigenvalue weighted by atomic mass is 10.1. The summed E-state index contributed by atoms with van der Waals surface area (Å²) in [6, 6.07) is 7.43. The van der Waals surface area contributed by atoms with Crippen molar-refractivity contribution in [2.45, 2.75) is 39.5 Å². The van der Waals surface area contributed by atoms with Crippen molar-refractivity contribution in [3.05, 3.63) is 29.8 Å². The highest BCUT2D eigenvalue weighted by molar-refractivity contribution is 5.96. The molecule has 1 aromatic rings. The fraction of sp³-hybridized carbons (Fsp3) is 0.500. The van der Waals surface area contributed by atoms with Crippen molar-refractivity contribution in [1.82, 2.24) is 0 Å². The molecule has 0 spiro atoms. The van der Waals surface area contributed by atoms with E-state index in [1.807, 2.05) is 24.3 Å². The van der Waals surface area contributed by atoms with Crippen molar-refractivity contribution >= 4 is 5.78 Å². The summed E-state index contributed by atoms with van der Waals surface area (Å²) in [5, 5.41) is 0. The number of rotatable bonds is 7. The zero-order chi connectivity index (χ0) is 11.8. The van der Waals surface area contributed by atoms with E-state index in [9.17, 15) is 4.79 Å². The number of hydrogen-bond acceptors (Lipinski definition) is 2. The summed E-state index contributed by atoms with van der Waals surface area (Å²) in [7, 11) is 0. The minimum absolute atomic E-state index is 0.0594. The Morgan fingerprint density at radius 3 is 2.62 bits per heavy atom. The zero-order valence-corrected chi connectivity index (χ0v) is 10.2. The second kappa shape index (κ2) is 7.04. The van der Waals surface area contributed by atoms with Gasteiger partial charge >= 0.3 is 0 Å². The topological polar surface area (TPSA) is 26.3 Å². The van der Waals surface area contributed by atoms with E-state index in [2.05, 4.69) is 6.92 Å². The molecule has 0 aliphatic carbocycles. The van der Waals surface area contributed by atoms with E-state index in [0.29, 0.717) is 17.9 Å². The summed E-state index contributed by atoms with van der Waals surface area (Å²) in [5.41, 5.74) is 0.679. The highest BCUT2D eigenvalue weighted by Crippen LogP contribution is 2.18. The summed E-state index contributed by atoms with van der Waals surface area (Å²) in [6.07, 6.45) is 4.72. The summed E-state index contributed by atoms with van der Waals surface area (Å²) in [4.78, 5) is 11.3. The van der Waals surface area contributed by atoms with Gasteiger partial charge in [0, 0.05) is 0 Å². The van der Waals surface area contributed by atoms with Gasteiger partial charge in [0.05, 0.1) is 12.2 Å². The predicted octanol–water partition coefficient (Wildman–Crippen LogP) is 3.85. The average molecular weight is 220 g/mol. The molecule has 16 heavy (non-hydrogen) atoms. The molecule has 1 rings (SSSR count). The Hall–Kier alpha value is -1.31. The van der Waals surface area contributed by atoms with Gasteiger partial charge in [0.15, 0.2) is 5.78 Å². The second-order valence-electron chi connectivity index (χ2n) is 3.96. The van der Waals surface area contributed by atoms with E-state index in [-0.39, 0.29) is 5.78 Å². The normalized spacial score (nSPS) is 10.1. The van der Waals surface area contributed by atoms with Crippen LogP contribution in [0.3, 0.4) is 0 Å². The van der Waals surface area contributed by atoms with Crippen molar-refractivity contribution in [3.8, 4) is 5.75 Å². The Balaban J connectivity index is 2.44. The Morgan fingerprint density at radius 1 is 1.19 bits per heavy atom. The van der Waals surface area contributed by atoms with Gasteiger partial charge in [0.25, 0.3) is 0 Å². The van der Waals surface area contributed by atoms with Crippen LogP contribution in [0.15, 0.2) is 24.3 Å². The van der Waals surface area contributed by atoms with Crippen molar-refractivity contribution < 1.29 is 9.53 Å². The third kappa shape index (κ3) is 4.05. The smallest absolute Gasteiger partial charge is 0.163 e. The van der Waals surface area contributed by atoms with E-state index in [0.717, 1.165) is 6.42 Å². The highest BCUT2D eigenvalue weighted by Gasteiger charge is 2.06. The second-order valence-corrected chi connectivity index (χ2v) is 3.96. The van der Waals surface area contributed by atoms with Crippen LogP contribution in [-0.2, 0) is 0 Å². The number of ketones is 1. The first-order valence-electron chi connectivity index (χ1n) is 5.98. The molecule has 2 heteroatoms. The Morgan fingerprint density at radius 2 is 1.94 bits per heavy atom. The number of ether oxygens (including phenoxy) is 1. The molecular formula is C14H20O2. The maximum atomic E-state index is 11.3. The Kier molecular flexibility index (Phi) is 5.62. The first kappa shape index (κ1) is 12.8. The van der Waals surface area contributed by atoms with Gasteiger partial charge < -0.3 is 4.74 Å². The van der Waals surface area contributed by atoms with Crippen molar-refractivity contribution in [1.29, 1.82) is 0 Å². The Labute approximate surface area is 97.6 Å². The van der Waals surface area contributed by atoms with E-state index in [1.165, 1.54) is 19.3 Å². The number of Topliss-reactive ketones (excluding diaryl/α,β-unsaturated/α-hetero) is 1. The van der Waals surface area contributed by atoms with E-state index >= 15 is 0 Å². The molecule has 0 N–H and O–H groups in total. The fourth-order valence-corrected chi connectivity index (χ4v) is 1.59. The van der Waals surface area contributed by atoms with Crippen LogP contribution < -0.4 is 4.74 Å². The lowest BCUT2D eigenvalue weighted by Gasteiger charge is -2.09. The average Bonchev–Trinajstić information content (AvgIpc) is 2.29. The van der Waals surface area contributed by atoms with Crippen LogP contribution in [0.4, 0.5) is 0 Å². The van der Waals surface area contributed by atoms with Gasteiger partial charge in [-0.1, -0.05) is 38.3 Å². The Bertz CT molecular complexity index is 331. The molecule has 0 saturated carbocycles. The lowest BCUT2D eigenvalue weighted by molar-refractivity contribution is 0.101. The molecule has 1 aromatic carbocycles. The molecule has 0 atom stereocenters. The third-order valence-electron chi connectivity index (χ3n) is 2.52.